The van der Waals surface area contributed by atoms with E-state index in [-0.39, 0.29) is 0 Å². The van der Waals surface area contributed by atoms with Crippen LogP contribution in [0.15, 0.2) is 0 Å². The van der Waals surface area contributed by atoms with Gasteiger partial charge >= 0.3 is 0 Å². The Balaban J connectivity index is 2.62. The molecule has 3 nitrogen and oxygen atoms in total. The summed E-state index contributed by atoms with van der Waals surface area (Å²) < 4.78 is 0. The number of aromatic nitrogens is 2. The molecule has 0 saturated carbocycles. The number of rotatable bonds is 0. The minimum Gasteiger partial charge on any atom is -0.307 e. The lowest BCUT2D eigenvalue weighted by molar-refractivity contribution is 0.752. The summed E-state index contributed by atoms with van der Waals surface area (Å²) in [5, 5.41) is 11.5. The second-order valence-corrected chi connectivity index (χ2v) is 3.00. The van der Waals surface area contributed by atoms with E-state index in [2.05, 4.69) is 15.5 Å². The molecule has 1 aliphatic rings. The topological polar surface area (TPSA) is 37.8 Å². The fraction of sp³-hybridized carbons (Fsp3) is 0.429. The predicted octanol–water partition coefficient (Wildman–Crippen LogP) is 1.04. The molecule has 0 unspecified atom stereocenters. The van der Waals surface area contributed by atoms with Gasteiger partial charge < -0.3 is 5.32 Å². The highest BCUT2D eigenvalue weighted by molar-refractivity contribution is 6.30. The molecule has 0 saturated heterocycles. The summed E-state index contributed by atoms with van der Waals surface area (Å²) in [7, 11) is 0. The Morgan fingerprint density at radius 3 is 3.00 bits per heavy atom. The van der Waals surface area contributed by atoms with E-state index in [1.54, 1.807) is 0 Å². The van der Waals surface area contributed by atoms with Gasteiger partial charge in [0.15, 0.2) is 5.15 Å². The van der Waals surface area contributed by atoms with Gasteiger partial charge in [-0.05, 0) is 18.1 Å². The van der Waals surface area contributed by atoms with Crippen molar-refractivity contribution in [2.24, 2.45) is 0 Å². The van der Waals surface area contributed by atoms with Crippen molar-refractivity contribution in [2.75, 3.05) is 0 Å². The molecule has 2 heterocycles. The first-order chi connectivity index (χ1) is 5.29. The van der Waals surface area contributed by atoms with Gasteiger partial charge in [0.25, 0.3) is 0 Å². The highest BCUT2D eigenvalue weighted by Gasteiger charge is 2.16. The average Bonchev–Trinajstić information content (AvgIpc) is 2.45. The Morgan fingerprint density at radius 1 is 1.36 bits per heavy atom. The van der Waals surface area contributed by atoms with E-state index in [0.717, 1.165) is 24.3 Å². The van der Waals surface area contributed by atoms with E-state index in [0.29, 0.717) is 5.15 Å². The largest absolute Gasteiger partial charge is 0.307 e. The average molecular weight is 170 g/mol. The molecule has 0 radical (unpaired) electrons. The second-order valence-electron chi connectivity index (χ2n) is 2.64. The van der Waals surface area contributed by atoms with Crippen LogP contribution in [0.2, 0.25) is 5.15 Å². The summed E-state index contributed by atoms with van der Waals surface area (Å²) in [6.07, 6.45) is 0. The molecule has 0 fully saturated rings. The van der Waals surface area contributed by atoms with E-state index in [1.165, 1.54) is 5.56 Å². The van der Waals surface area contributed by atoms with Crippen LogP contribution in [0.3, 0.4) is 0 Å². The molecule has 11 heavy (non-hydrogen) atoms. The zero-order valence-electron chi connectivity index (χ0n) is 6.19. The summed E-state index contributed by atoms with van der Waals surface area (Å²) in [4.78, 5) is 0. The lowest BCUT2D eigenvalue weighted by Crippen LogP contribution is -2.00. The number of halogens is 1. The van der Waals surface area contributed by atoms with Gasteiger partial charge in [0.1, 0.15) is 0 Å². The lowest BCUT2D eigenvalue weighted by Gasteiger charge is -2.00. The molecular formula is C7H8ClN3. The zero-order valence-corrected chi connectivity index (χ0v) is 6.94. The van der Waals surface area contributed by atoms with Crippen molar-refractivity contribution >= 4 is 11.6 Å². The molecule has 58 valence electrons. The van der Waals surface area contributed by atoms with Crippen LogP contribution in [0.1, 0.15) is 16.8 Å². The first-order valence-corrected chi connectivity index (χ1v) is 3.88. The molecule has 1 aliphatic heterocycles. The van der Waals surface area contributed by atoms with Gasteiger partial charge in [-0.3, -0.25) is 0 Å². The first kappa shape index (κ1) is 7.00. The zero-order chi connectivity index (χ0) is 7.84. The quantitative estimate of drug-likeness (QED) is 0.631. The van der Waals surface area contributed by atoms with Gasteiger partial charge in [0, 0.05) is 13.1 Å². The molecule has 1 aromatic rings. The number of nitrogens with one attached hydrogen (secondary N) is 1. The third kappa shape index (κ3) is 1.01. The van der Waals surface area contributed by atoms with E-state index >= 15 is 0 Å². The number of hydrogen-bond donors (Lipinski definition) is 1. The molecule has 0 aliphatic carbocycles. The highest BCUT2D eigenvalue weighted by atomic mass is 35.5. The Morgan fingerprint density at radius 2 is 2.18 bits per heavy atom. The summed E-state index contributed by atoms with van der Waals surface area (Å²) in [5.41, 5.74) is 3.30. The molecule has 0 atom stereocenters. The van der Waals surface area contributed by atoms with Gasteiger partial charge in [-0.2, -0.15) is 5.10 Å². The molecule has 2 rings (SSSR count). The van der Waals surface area contributed by atoms with Crippen molar-refractivity contribution in [2.45, 2.75) is 20.0 Å². The normalized spacial score (nSPS) is 15.1. The molecule has 4 heteroatoms. The number of fused-ring (bicyclic) bond motifs is 1. The van der Waals surface area contributed by atoms with Crippen LogP contribution in [0, 0.1) is 6.92 Å². The fourth-order valence-corrected chi connectivity index (χ4v) is 1.41. The van der Waals surface area contributed by atoms with Crippen molar-refractivity contribution in [1.82, 2.24) is 15.5 Å². The van der Waals surface area contributed by atoms with Gasteiger partial charge in [-0.15, -0.1) is 5.10 Å². The monoisotopic (exact) mass is 169 g/mol. The lowest BCUT2D eigenvalue weighted by atomic mass is 10.1. The smallest absolute Gasteiger partial charge is 0.154 e. The van der Waals surface area contributed by atoms with Crippen LogP contribution >= 0.6 is 11.6 Å². The Kier molecular flexibility index (Phi) is 1.55. The third-order valence-electron chi connectivity index (χ3n) is 1.96. The molecule has 0 amide bonds. The van der Waals surface area contributed by atoms with Gasteiger partial charge in [0.05, 0.1) is 5.69 Å². The maximum absolute atomic E-state index is 5.79. The third-order valence-corrected chi connectivity index (χ3v) is 2.32. The second kappa shape index (κ2) is 2.43. The van der Waals surface area contributed by atoms with E-state index < -0.39 is 0 Å². The minimum absolute atomic E-state index is 0.521. The number of hydrogen-bond acceptors (Lipinski definition) is 3. The predicted molar refractivity (Wildman–Crippen MR) is 42.3 cm³/mol. The highest BCUT2D eigenvalue weighted by Crippen LogP contribution is 2.21. The van der Waals surface area contributed by atoms with Gasteiger partial charge in [-0.25, -0.2) is 0 Å². The fourth-order valence-electron chi connectivity index (χ4n) is 1.26. The van der Waals surface area contributed by atoms with Crippen molar-refractivity contribution < 1.29 is 0 Å². The summed E-state index contributed by atoms with van der Waals surface area (Å²) in [6.45, 7) is 3.67. The molecule has 1 aromatic heterocycles. The van der Waals surface area contributed by atoms with Crippen LogP contribution in [-0.4, -0.2) is 10.2 Å². The molecule has 0 bridgehead atoms. The van der Waals surface area contributed by atoms with Crippen LogP contribution < -0.4 is 5.32 Å². The van der Waals surface area contributed by atoms with Crippen molar-refractivity contribution in [1.29, 1.82) is 0 Å². The van der Waals surface area contributed by atoms with Crippen LogP contribution in [0.25, 0.3) is 0 Å². The Hall–Kier alpha value is -0.670. The van der Waals surface area contributed by atoms with Gasteiger partial charge in [0.2, 0.25) is 0 Å². The van der Waals surface area contributed by atoms with Crippen molar-refractivity contribution in [3.63, 3.8) is 0 Å². The van der Waals surface area contributed by atoms with E-state index in [4.69, 9.17) is 11.6 Å². The molecule has 1 N–H and O–H groups in total. The van der Waals surface area contributed by atoms with E-state index in [9.17, 15) is 0 Å². The summed E-state index contributed by atoms with van der Waals surface area (Å²) >= 11 is 5.79. The molecule has 0 spiro atoms. The maximum Gasteiger partial charge on any atom is 0.154 e. The van der Waals surface area contributed by atoms with Crippen molar-refractivity contribution in [3.05, 3.63) is 22.0 Å². The molecular weight excluding hydrogens is 162 g/mol. The summed E-state index contributed by atoms with van der Waals surface area (Å²) in [5.74, 6) is 0. The maximum atomic E-state index is 5.79. The Bertz CT molecular complexity index is 298. The van der Waals surface area contributed by atoms with E-state index in [1.807, 2.05) is 6.92 Å². The summed E-state index contributed by atoms with van der Waals surface area (Å²) in [6, 6.07) is 0. The minimum atomic E-state index is 0.521. The van der Waals surface area contributed by atoms with Crippen molar-refractivity contribution in [3.8, 4) is 0 Å². The van der Waals surface area contributed by atoms with Crippen LogP contribution in [-0.2, 0) is 13.1 Å². The Labute approximate surface area is 69.8 Å². The first-order valence-electron chi connectivity index (χ1n) is 3.50. The van der Waals surface area contributed by atoms with Gasteiger partial charge in [-0.1, -0.05) is 11.6 Å². The SMILES string of the molecule is Cc1c(Cl)nnc2c1CNC2. The molecule has 0 aromatic carbocycles. The van der Waals surface area contributed by atoms with Crippen LogP contribution in [0.5, 0.6) is 0 Å². The standard InChI is InChI=1S/C7H8ClN3/c1-4-5-2-9-3-6(5)10-11-7(4)8/h9H,2-3H2,1H3. The number of nitrogens with zero attached hydrogens (tertiary/aromatic N) is 2. The van der Waals surface area contributed by atoms with Crippen LogP contribution in [0.4, 0.5) is 0 Å².